The first-order chi connectivity index (χ1) is 14.6. The first-order valence-electron chi connectivity index (χ1n) is 8.78. The molecule has 0 atom stereocenters. The molecule has 0 aromatic heterocycles. The molecule has 0 fully saturated rings. The monoisotopic (exact) mass is 438 g/mol. The van der Waals surface area contributed by atoms with Crippen LogP contribution >= 0.6 is 0 Å². The number of ketones is 1. The van der Waals surface area contributed by atoms with E-state index in [1.165, 1.54) is 33.5 Å². The summed E-state index contributed by atoms with van der Waals surface area (Å²) in [4.78, 5) is 38.4. The maximum Gasteiger partial charge on any atom is 0.416 e. The Morgan fingerprint density at radius 1 is 1.03 bits per heavy atom. The van der Waals surface area contributed by atoms with Crippen molar-refractivity contribution in [2.45, 2.75) is 6.18 Å². The number of alkyl halides is 3. The molecule has 31 heavy (non-hydrogen) atoms. The SMILES string of the molecule is COc1cc2c(c(OC)c1OC)C(=O)C(=O)N2CC(=O)Nc1cccc(C(F)(F)F)c1. The fraction of sp³-hybridized carbons (Fsp3) is 0.250. The van der Waals surface area contributed by atoms with Gasteiger partial charge in [0.1, 0.15) is 6.54 Å². The van der Waals surface area contributed by atoms with Crippen LogP contribution in [0.5, 0.6) is 17.2 Å². The molecule has 1 heterocycles. The van der Waals surface area contributed by atoms with Crippen molar-refractivity contribution in [3.05, 3.63) is 41.5 Å². The van der Waals surface area contributed by atoms with Gasteiger partial charge in [0.05, 0.1) is 38.1 Å². The Hall–Kier alpha value is -3.76. The van der Waals surface area contributed by atoms with E-state index in [9.17, 15) is 27.6 Å². The van der Waals surface area contributed by atoms with Crippen LogP contribution < -0.4 is 24.4 Å². The Morgan fingerprint density at radius 3 is 2.29 bits per heavy atom. The Kier molecular flexibility index (Phi) is 5.78. The number of carbonyl (C=O) groups is 3. The average molecular weight is 438 g/mol. The molecule has 11 heteroatoms. The van der Waals surface area contributed by atoms with Crippen molar-refractivity contribution >= 4 is 29.0 Å². The second-order valence-electron chi connectivity index (χ2n) is 6.39. The molecule has 0 radical (unpaired) electrons. The van der Waals surface area contributed by atoms with Crippen molar-refractivity contribution in [3.8, 4) is 17.2 Å². The predicted molar refractivity (Wildman–Crippen MR) is 103 cm³/mol. The number of amides is 2. The summed E-state index contributed by atoms with van der Waals surface area (Å²) in [5.74, 6) is -2.50. The number of Topliss-reactive ketones (excluding diaryl/α,β-unsaturated/α-hetero) is 1. The standard InChI is InChI=1S/C20H17F3N2O6/c1-29-13-8-12-15(18(31-3)17(13)30-2)16(27)19(28)25(12)9-14(26)24-11-6-4-5-10(7-11)20(21,22)23/h4-8H,9H2,1-3H3,(H,24,26). The third-order valence-electron chi connectivity index (χ3n) is 4.54. The number of hydrogen-bond acceptors (Lipinski definition) is 6. The normalized spacial score (nSPS) is 13.2. The molecular formula is C20H17F3N2O6. The first kappa shape index (κ1) is 21.9. The van der Waals surface area contributed by atoms with E-state index in [0.29, 0.717) is 0 Å². The molecule has 2 aromatic rings. The third-order valence-corrected chi connectivity index (χ3v) is 4.54. The van der Waals surface area contributed by atoms with Crippen LogP contribution in [0.2, 0.25) is 0 Å². The number of carbonyl (C=O) groups excluding carboxylic acids is 3. The highest BCUT2D eigenvalue weighted by Gasteiger charge is 2.42. The lowest BCUT2D eigenvalue weighted by molar-refractivity contribution is -0.137. The fourth-order valence-corrected chi connectivity index (χ4v) is 3.19. The molecule has 2 amide bonds. The molecule has 3 rings (SSSR count). The van der Waals surface area contributed by atoms with Crippen LogP contribution in [-0.4, -0.2) is 45.5 Å². The summed E-state index contributed by atoms with van der Waals surface area (Å²) in [5, 5.41) is 2.30. The van der Waals surface area contributed by atoms with E-state index in [-0.39, 0.29) is 34.2 Å². The van der Waals surface area contributed by atoms with Gasteiger partial charge in [-0.3, -0.25) is 19.3 Å². The molecule has 0 saturated carbocycles. The van der Waals surface area contributed by atoms with Gasteiger partial charge >= 0.3 is 6.18 Å². The predicted octanol–water partition coefficient (Wildman–Crippen LogP) is 2.90. The summed E-state index contributed by atoms with van der Waals surface area (Å²) >= 11 is 0. The van der Waals surface area contributed by atoms with Gasteiger partial charge in [-0.15, -0.1) is 0 Å². The molecule has 0 aliphatic carbocycles. The van der Waals surface area contributed by atoms with Crippen LogP contribution in [0.15, 0.2) is 30.3 Å². The zero-order valence-corrected chi connectivity index (χ0v) is 16.6. The van der Waals surface area contributed by atoms with Gasteiger partial charge in [-0.1, -0.05) is 6.07 Å². The number of anilines is 2. The summed E-state index contributed by atoms with van der Waals surface area (Å²) in [7, 11) is 3.94. The number of halogens is 3. The highest BCUT2D eigenvalue weighted by molar-refractivity contribution is 6.53. The van der Waals surface area contributed by atoms with E-state index in [1.807, 2.05) is 0 Å². The van der Waals surface area contributed by atoms with Crippen molar-refractivity contribution in [2.24, 2.45) is 0 Å². The van der Waals surface area contributed by atoms with Crippen LogP contribution in [0.25, 0.3) is 0 Å². The molecule has 1 aliphatic rings. The van der Waals surface area contributed by atoms with Crippen molar-refractivity contribution < 1.29 is 41.8 Å². The van der Waals surface area contributed by atoms with Crippen LogP contribution in [0.3, 0.4) is 0 Å². The molecule has 0 saturated heterocycles. The summed E-state index contributed by atoms with van der Waals surface area (Å²) < 4.78 is 54.2. The van der Waals surface area contributed by atoms with Crippen LogP contribution in [0, 0.1) is 0 Å². The minimum atomic E-state index is -4.58. The maximum absolute atomic E-state index is 12.9. The first-order valence-corrected chi connectivity index (χ1v) is 8.78. The minimum absolute atomic E-state index is 0.0315. The topological polar surface area (TPSA) is 94.2 Å². The number of nitrogens with zero attached hydrogens (tertiary/aromatic N) is 1. The van der Waals surface area contributed by atoms with Gasteiger partial charge in [-0.25, -0.2) is 0 Å². The number of benzene rings is 2. The largest absolute Gasteiger partial charge is 0.493 e. The number of nitrogens with one attached hydrogen (secondary N) is 1. The van der Waals surface area contributed by atoms with Crippen LogP contribution in [0.1, 0.15) is 15.9 Å². The fourth-order valence-electron chi connectivity index (χ4n) is 3.19. The van der Waals surface area contributed by atoms with Crippen molar-refractivity contribution in [3.63, 3.8) is 0 Å². The smallest absolute Gasteiger partial charge is 0.416 e. The van der Waals surface area contributed by atoms with E-state index >= 15 is 0 Å². The Labute approximate surface area is 174 Å². The summed E-state index contributed by atoms with van der Waals surface area (Å²) in [6, 6.07) is 5.38. The molecule has 8 nitrogen and oxygen atoms in total. The molecule has 2 aromatic carbocycles. The lowest BCUT2D eigenvalue weighted by atomic mass is 10.1. The quantitative estimate of drug-likeness (QED) is 0.697. The van der Waals surface area contributed by atoms with Gasteiger partial charge in [-0.2, -0.15) is 13.2 Å². The number of hydrogen-bond donors (Lipinski definition) is 1. The zero-order chi connectivity index (χ0) is 22.9. The van der Waals surface area contributed by atoms with Gasteiger partial charge in [0.15, 0.2) is 11.5 Å². The van der Waals surface area contributed by atoms with Gasteiger partial charge in [0.25, 0.3) is 11.7 Å². The molecule has 1 aliphatic heterocycles. The minimum Gasteiger partial charge on any atom is -0.493 e. The van der Waals surface area contributed by atoms with Crippen molar-refractivity contribution in [2.75, 3.05) is 38.1 Å². The molecule has 0 spiro atoms. The molecule has 0 bridgehead atoms. The van der Waals surface area contributed by atoms with Crippen molar-refractivity contribution in [1.82, 2.24) is 0 Å². The summed E-state index contributed by atoms with van der Waals surface area (Å²) in [6.45, 7) is -0.619. The molecular weight excluding hydrogens is 421 g/mol. The van der Waals surface area contributed by atoms with E-state index in [1.54, 1.807) is 0 Å². The van der Waals surface area contributed by atoms with Crippen LogP contribution in [-0.2, 0) is 15.8 Å². The summed E-state index contributed by atoms with van der Waals surface area (Å²) in [5.41, 5.74) is -1.09. The Morgan fingerprint density at radius 2 is 1.71 bits per heavy atom. The number of fused-ring (bicyclic) bond motifs is 1. The molecule has 0 unspecified atom stereocenters. The van der Waals surface area contributed by atoms with E-state index in [4.69, 9.17) is 14.2 Å². The second-order valence-corrected chi connectivity index (χ2v) is 6.39. The highest BCUT2D eigenvalue weighted by atomic mass is 19.4. The lowest BCUT2D eigenvalue weighted by Gasteiger charge is -2.19. The maximum atomic E-state index is 12.9. The lowest BCUT2D eigenvalue weighted by Crippen LogP contribution is -2.37. The second kappa shape index (κ2) is 8.17. The van der Waals surface area contributed by atoms with Crippen molar-refractivity contribution in [1.29, 1.82) is 0 Å². The number of rotatable bonds is 6. The van der Waals surface area contributed by atoms with Gasteiger partial charge in [0.2, 0.25) is 11.7 Å². The Bertz CT molecular complexity index is 1070. The van der Waals surface area contributed by atoms with Gasteiger partial charge < -0.3 is 19.5 Å². The average Bonchev–Trinajstić information content (AvgIpc) is 2.96. The molecule has 1 N–H and O–H groups in total. The zero-order valence-electron chi connectivity index (χ0n) is 16.6. The number of ether oxygens (including phenoxy) is 3. The van der Waals surface area contributed by atoms with E-state index < -0.39 is 35.9 Å². The molecule has 164 valence electrons. The van der Waals surface area contributed by atoms with Gasteiger partial charge in [0, 0.05) is 11.8 Å². The summed E-state index contributed by atoms with van der Waals surface area (Å²) in [6.07, 6.45) is -4.58. The van der Waals surface area contributed by atoms with E-state index in [0.717, 1.165) is 23.1 Å². The van der Waals surface area contributed by atoms with Crippen LogP contribution in [0.4, 0.5) is 24.5 Å². The number of methoxy groups -OCH3 is 3. The van der Waals surface area contributed by atoms with Gasteiger partial charge in [-0.05, 0) is 18.2 Å². The van der Waals surface area contributed by atoms with E-state index in [2.05, 4.69) is 5.32 Å². The highest BCUT2D eigenvalue weighted by Crippen LogP contribution is 2.48. The third kappa shape index (κ3) is 3.98. The Balaban J connectivity index is 1.91.